The lowest BCUT2D eigenvalue weighted by atomic mass is 9.90. The monoisotopic (exact) mass is 549 g/mol. The first-order valence-corrected chi connectivity index (χ1v) is 13.1. The molecular weight excluding hydrogens is 523 g/mol. The van der Waals surface area contributed by atoms with E-state index in [1.807, 2.05) is 49.4 Å². The number of fused-ring (bicyclic) bond motifs is 1. The molecule has 0 unspecified atom stereocenters. The average molecular weight is 550 g/mol. The number of amides is 2. The number of allylic oxidation sites excluding steroid dienone is 1. The second-order valence-electron chi connectivity index (χ2n) is 10.5. The van der Waals surface area contributed by atoms with E-state index in [4.69, 9.17) is 4.74 Å². The summed E-state index contributed by atoms with van der Waals surface area (Å²) in [4.78, 5) is 43.0. The lowest BCUT2D eigenvalue weighted by Crippen LogP contribution is -2.55. The summed E-state index contributed by atoms with van der Waals surface area (Å²) in [5.74, 6) is -4.83. The molecule has 7 nitrogen and oxygen atoms in total. The van der Waals surface area contributed by atoms with Crippen molar-refractivity contribution < 1.29 is 27.5 Å². The third kappa shape index (κ3) is 4.09. The van der Waals surface area contributed by atoms with Crippen molar-refractivity contribution in [3.8, 4) is 5.75 Å². The molecule has 3 aromatic rings. The summed E-state index contributed by atoms with van der Waals surface area (Å²) in [6.45, 7) is 1.71. The number of carbonyl (C=O) groups is 2. The molecule has 3 aliphatic rings. The van der Waals surface area contributed by atoms with E-state index >= 15 is 0 Å². The number of benzene rings is 2. The quantitative estimate of drug-likeness (QED) is 0.467. The van der Waals surface area contributed by atoms with Gasteiger partial charge in [-0.15, -0.1) is 0 Å². The first-order valence-electron chi connectivity index (χ1n) is 13.1. The molecule has 0 radical (unpaired) electrons. The van der Waals surface area contributed by atoms with Crippen LogP contribution in [0.1, 0.15) is 57.4 Å². The van der Waals surface area contributed by atoms with Crippen LogP contribution in [0.25, 0.3) is 0 Å². The number of pyridine rings is 1. The van der Waals surface area contributed by atoms with Crippen molar-refractivity contribution in [2.45, 2.75) is 50.9 Å². The Morgan fingerprint density at radius 1 is 1.12 bits per heavy atom. The summed E-state index contributed by atoms with van der Waals surface area (Å²) < 4.78 is 49.6. The Kier molecular flexibility index (Phi) is 6.28. The van der Waals surface area contributed by atoms with Crippen LogP contribution in [-0.4, -0.2) is 33.9 Å². The number of nitrogens with zero attached hydrogens (tertiary/aromatic N) is 2. The highest BCUT2D eigenvalue weighted by atomic mass is 19.1. The Labute approximate surface area is 227 Å². The molecule has 1 aromatic heterocycles. The van der Waals surface area contributed by atoms with Gasteiger partial charge in [-0.2, -0.15) is 0 Å². The largest absolute Gasteiger partial charge is 0.483 e. The first kappa shape index (κ1) is 25.9. The number of aromatic nitrogens is 1. The Morgan fingerprint density at radius 2 is 1.85 bits per heavy atom. The van der Waals surface area contributed by atoms with Gasteiger partial charge in [-0.25, -0.2) is 13.2 Å². The van der Waals surface area contributed by atoms with E-state index in [2.05, 4.69) is 5.32 Å². The van der Waals surface area contributed by atoms with Gasteiger partial charge in [0.2, 0.25) is 5.43 Å². The number of halogens is 3. The summed E-state index contributed by atoms with van der Waals surface area (Å²) in [5, 5.41) is 2.42. The van der Waals surface area contributed by atoms with Crippen LogP contribution in [0.15, 0.2) is 59.4 Å². The predicted molar refractivity (Wildman–Crippen MR) is 140 cm³/mol. The molecule has 2 aromatic carbocycles. The lowest BCUT2D eigenvalue weighted by molar-refractivity contribution is 0.0520. The fraction of sp³-hybridized carbons (Fsp3) is 0.300. The molecule has 4 heterocycles. The molecule has 0 saturated carbocycles. The number of carbonyl (C=O) groups excluding carboxylic acids is 2. The molecule has 206 valence electrons. The number of ether oxygens (including phenoxy) is 1. The molecule has 40 heavy (non-hydrogen) atoms. The SMILES string of the molecule is C[C@H]1C=CC[C@]23CCc4c(C(=O)NCc5c(F)cc(F)cc5F)c(=O)c(OCc5ccccc5)c(n42)C(=O)N1C3. The zero-order valence-electron chi connectivity index (χ0n) is 21.7. The third-order valence-electron chi connectivity index (χ3n) is 8.05. The minimum atomic E-state index is -1.15. The summed E-state index contributed by atoms with van der Waals surface area (Å²) >= 11 is 0. The Hall–Kier alpha value is -4.34. The van der Waals surface area contributed by atoms with Crippen LogP contribution >= 0.6 is 0 Å². The first-order chi connectivity index (χ1) is 19.2. The van der Waals surface area contributed by atoms with Crippen molar-refractivity contribution >= 4 is 11.8 Å². The Morgan fingerprint density at radius 3 is 2.58 bits per heavy atom. The van der Waals surface area contributed by atoms with Crippen LogP contribution in [0.3, 0.4) is 0 Å². The molecular formula is C30H26F3N3O4. The highest BCUT2D eigenvalue weighted by molar-refractivity contribution is 6.01. The number of nitrogens with one attached hydrogen (secondary N) is 1. The van der Waals surface area contributed by atoms with Crippen LogP contribution in [0.2, 0.25) is 0 Å². The molecule has 0 fully saturated rings. The maximum absolute atomic E-state index is 14.2. The molecule has 6 rings (SSSR count). The maximum Gasteiger partial charge on any atom is 0.275 e. The van der Waals surface area contributed by atoms with Gasteiger partial charge in [-0.05, 0) is 31.7 Å². The van der Waals surface area contributed by atoms with Crippen LogP contribution in [0.4, 0.5) is 13.2 Å². The van der Waals surface area contributed by atoms with Gasteiger partial charge in [0.05, 0.1) is 5.54 Å². The van der Waals surface area contributed by atoms with Gasteiger partial charge in [0.25, 0.3) is 11.8 Å². The van der Waals surface area contributed by atoms with Gasteiger partial charge in [-0.1, -0.05) is 42.5 Å². The second-order valence-corrected chi connectivity index (χ2v) is 10.5. The van der Waals surface area contributed by atoms with Gasteiger partial charge >= 0.3 is 0 Å². The highest BCUT2D eigenvalue weighted by Gasteiger charge is 2.51. The van der Waals surface area contributed by atoms with Crippen molar-refractivity contribution in [3.05, 3.63) is 110 Å². The van der Waals surface area contributed by atoms with E-state index in [-0.39, 0.29) is 35.6 Å². The van der Waals surface area contributed by atoms with E-state index in [9.17, 15) is 27.6 Å². The zero-order valence-corrected chi connectivity index (χ0v) is 21.7. The van der Waals surface area contributed by atoms with E-state index in [0.717, 1.165) is 5.56 Å². The molecule has 2 bridgehead atoms. The van der Waals surface area contributed by atoms with Gasteiger partial charge in [0.15, 0.2) is 11.4 Å². The van der Waals surface area contributed by atoms with Crippen LogP contribution < -0.4 is 15.5 Å². The summed E-state index contributed by atoms with van der Waals surface area (Å²) in [6.07, 6.45) is 5.51. The standard InChI is InChI=1S/C30H26F3N3O4/c1-17-6-5-10-30-11-9-23-24(28(38)34-14-20-21(32)12-19(31)13-22(20)33)26(37)27(40-15-18-7-3-2-4-8-18)25(36(23)30)29(39)35(17)16-30/h2-8,12-13,17H,9-11,14-16H2,1H3,(H,34,38)/t17-,30+/m0/s1. The molecule has 3 aliphatic heterocycles. The topological polar surface area (TPSA) is 80.6 Å². The maximum atomic E-state index is 14.2. The van der Waals surface area contributed by atoms with E-state index in [0.29, 0.717) is 43.6 Å². The fourth-order valence-corrected chi connectivity index (χ4v) is 6.06. The minimum absolute atomic E-state index is 0.0103. The summed E-state index contributed by atoms with van der Waals surface area (Å²) in [7, 11) is 0. The highest BCUT2D eigenvalue weighted by Crippen LogP contribution is 2.45. The third-order valence-corrected chi connectivity index (χ3v) is 8.05. The second kappa shape index (κ2) is 9.69. The van der Waals surface area contributed by atoms with E-state index in [1.54, 1.807) is 9.47 Å². The Bertz CT molecular complexity index is 1610. The molecule has 0 aliphatic carbocycles. The van der Waals surface area contributed by atoms with Gasteiger partial charge < -0.3 is 19.5 Å². The van der Waals surface area contributed by atoms with Crippen molar-refractivity contribution in [1.82, 2.24) is 14.8 Å². The number of rotatable bonds is 6. The smallest absolute Gasteiger partial charge is 0.275 e. The zero-order chi connectivity index (χ0) is 28.2. The molecule has 2 atom stereocenters. The fourth-order valence-electron chi connectivity index (χ4n) is 6.06. The van der Waals surface area contributed by atoms with Crippen molar-refractivity contribution in [2.24, 2.45) is 0 Å². The van der Waals surface area contributed by atoms with E-state index in [1.165, 1.54) is 0 Å². The molecule has 1 spiro atoms. The number of hydrogen-bond acceptors (Lipinski definition) is 4. The lowest BCUT2D eigenvalue weighted by Gasteiger charge is -2.43. The minimum Gasteiger partial charge on any atom is -0.483 e. The van der Waals surface area contributed by atoms with Gasteiger partial charge in [-0.3, -0.25) is 14.4 Å². The molecule has 10 heteroatoms. The van der Waals surface area contributed by atoms with Gasteiger partial charge in [0.1, 0.15) is 29.6 Å². The molecule has 0 saturated heterocycles. The van der Waals surface area contributed by atoms with Gasteiger partial charge in [0, 0.05) is 42.5 Å². The van der Waals surface area contributed by atoms with Crippen LogP contribution in [-0.2, 0) is 25.1 Å². The van der Waals surface area contributed by atoms with Crippen LogP contribution in [0, 0.1) is 17.5 Å². The Balaban J connectivity index is 1.46. The summed E-state index contributed by atoms with van der Waals surface area (Å²) in [5.41, 5.74) is -0.825. The number of hydrogen-bond donors (Lipinski definition) is 1. The normalized spacial score (nSPS) is 20.8. The average Bonchev–Trinajstić information content (AvgIpc) is 3.20. The predicted octanol–water partition coefficient (Wildman–Crippen LogP) is 4.22. The van der Waals surface area contributed by atoms with Crippen molar-refractivity contribution in [3.63, 3.8) is 0 Å². The molecule has 1 N–H and O–H groups in total. The van der Waals surface area contributed by atoms with E-state index < -0.39 is 46.4 Å². The molecule has 2 amide bonds. The van der Waals surface area contributed by atoms with Crippen LogP contribution in [0.5, 0.6) is 5.75 Å². The summed E-state index contributed by atoms with van der Waals surface area (Å²) in [6, 6.07) is 9.96. The van der Waals surface area contributed by atoms with Crippen molar-refractivity contribution in [2.75, 3.05) is 6.54 Å². The van der Waals surface area contributed by atoms with Crippen molar-refractivity contribution in [1.29, 1.82) is 0 Å².